The molecule has 0 radical (unpaired) electrons. The molecule has 0 fully saturated rings. The predicted octanol–water partition coefficient (Wildman–Crippen LogP) is 1.49. The second kappa shape index (κ2) is 5.55. The van der Waals surface area contributed by atoms with Gasteiger partial charge in [-0.2, -0.15) is 0 Å². The Morgan fingerprint density at radius 2 is 2.22 bits per heavy atom. The molecule has 18 heavy (non-hydrogen) atoms. The van der Waals surface area contributed by atoms with E-state index in [1.165, 1.54) is 18.3 Å². The van der Waals surface area contributed by atoms with Crippen LogP contribution in [0.3, 0.4) is 0 Å². The van der Waals surface area contributed by atoms with Crippen molar-refractivity contribution < 1.29 is 14.3 Å². The molecule has 2 rings (SSSR count). The summed E-state index contributed by atoms with van der Waals surface area (Å²) < 4.78 is 13.0. The number of fused-ring (bicyclic) bond motifs is 1. The van der Waals surface area contributed by atoms with E-state index in [0.717, 1.165) is 0 Å². The zero-order valence-electron chi connectivity index (χ0n) is 9.69. The number of aliphatic hydroxyl groups excluding tert-OH is 1. The lowest BCUT2D eigenvalue weighted by molar-refractivity contribution is 0.0951. The van der Waals surface area contributed by atoms with Crippen LogP contribution in [0.1, 0.15) is 16.8 Å². The fourth-order valence-electron chi connectivity index (χ4n) is 1.60. The second-order valence-electron chi connectivity index (χ2n) is 3.89. The van der Waals surface area contributed by atoms with Gasteiger partial charge in [0.15, 0.2) is 0 Å². The third-order valence-corrected chi connectivity index (χ3v) is 2.53. The summed E-state index contributed by atoms with van der Waals surface area (Å²) in [6.45, 7) is 0.451. The van der Waals surface area contributed by atoms with Crippen LogP contribution in [-0.4, -0.2) is 29.1 Å². The Morgan fingerprint density at radius 1 is 1.39 bits per heavy atom. The molecule has 0 unspecified atom stereocenters. The number of aromatic nitrogens is 1. The Hall–Kier alpha value is -2.01. The van der Waals surface area contributed by atoms with Crippen LogP contribution in [0.15, 0.2) is 30.5 Å². The molecule has 5 heteroatoms. The molecule has 0 aliphatic rings. The van der Waals surface area contributed by atoms with Crippen molar-refractivity contribution in [3.63, 3.8) is 0 Å². The predicted molar refractivity (Wildman–Crippen MR) is 65.7 cm³/mol. The van der Waals surface area contributed by atoms with E-state index in [0.29, 0.717) is 29.4 Å². The summed E-state index contributed by atoms with van der Waals surface area (Å²) in [4.78, 5) is 15.8. The fourth-order valence-corrected chi connectivity index (χ4v) is 1.60. The third kappa shape index (κ3) is 2.81. The van der Waals surface area contributed by atoms with Crippen molar-refractivity contribution in [3.05, 3.63) is 41.8 Å². The summed E-state index contributed by atoms with van der Waals surface area (Å²) in [5.41, 5.74) is 0.939. The van der Waals surface area contributed by atoms with Gasteiger partial charge in [0.2, 0.25) is 0 Å². The topological polar surface area (TPSA) is 62.2 Å². The van der Waals surface area contributed by atoms with Gasteiger partial charge < -0.3 is 10.4 Å². The van der Waals surface area contributed by atoms with Gasteiger partial charge in [0, 0.05) is 30.8 Å². The molecule has 0 spiro atoms. The van der Waals surface area contributed by atoms with E-state index in [9.17, 15) is 9.18 Å². The number of amides is 1. The van der Waals surface area contributed by atoms with Crippen LogP contribution in [-0.2, 0) is 0 Å². The van der Waals surface area contributed by atoms with Crippen LogP contribution < -0.4 is 5.32 Å². The highest BCUT2D eigenvalue weighted by molar-refractivity contribution is 5.97. The molecular weight excluding hydrogens is 235 g/mol. The van der Waals surface area contributed by atoms with Crippen LogP contribution >= 0.6 is 0 Å². The van der Waals surface area contributed by atoms with Gasteiger partial charge >= 0.3 is 0 Å². The SMILES string of the molecule is O=C(NCCCO)c1cnc2cc(F)ccc2c1. The van der Waals surface area contributed by atoms with Crippen molar-refractivity contribution in [2.45, 2.75) is 6.42 Å². The molecule has 1 aromatic carbocycles. The number of carbonyl (C=O) groups excluding carboxylic acids is 1. The highest BCUT2D eigenvalue weighted by atomic mass is 19.1. The Morgan fingerprint density at radius 3 is 3.00 bits per heavy atom. The average Bonchev–Trinajstić information content (AvgIpc) is 2.38. The number of hydrogen-bond donors (Lipinski definition) is 2. The molecule has 4 nitrogen and oxygen atoms in total. The first-order chi connectivity index (χ1) is 8.70. The first-order valence-corrected chi connectivity index (χ1v) is 5.65. The molecule has 2 N–H and O–H groups in total. The second-order valence-corrected chi connectivity index (χ2v) is 3.89. The smallest absolute Gasteiger partial charge is 0.252 e. The lowest BCUT2D eigenvalue weighted by Crippen LogP contribution is -2.25. The molecule has 1 aromatic heterocycles. The minimum atomic E-state index is -0.352. The number of rotatable bonds is 4. The van der Waals surface area contributed by atoms with Gasteiger partial charge in [0.05, 0.1) is 11.1 Å². The zero-order valence-corrected chi connectivity index (χ0v) is 9.69. The van der Waals surface area contributed by atoms with Crippen LogP contribution in [0.4, 0.5) is 4.39 Å². The van der Waals surface area contributed by atoms with E-state index in [-0.39, 0.29) is 18.3 Å². The quantitative estimate of drug-likeness (QED) is 0.806. The molecule has 0 aliphatic carbocycles. The Kier molecular flexibility index (Phi) is 3.84. The van der Waals surface area contributed by atoms with E-state index < -0.39 is 0 Å². The zero-order chi connectivity index (χ0) is 13.0. The van der Waals surface area contributed by atoms with Crippen molar-refractivity contribution in [1.82, 2.24) is 10.3 Å². The fraction of sp³-hybridized carbons (Fsp3) is 0.231. The van der Waals surface area contributed by atoms with Crippen molar-refractivity contribution in [2.24, 2.45) is 0 Å². The molecule has 0 bridgehead atoms. The van der Waals surface area contributed by atoms with E-state index in [1.54, 1.807) is 12.1 Å². The largest absolute Gasteiger partial charge is 0.396 e. The summed E-state index contributed by atoms with van der Waals surface area (Å²) in [5, 5.41) is 12.0. The Balaban J connectivity index is 2.19. The minimum absolute atomic E-state index is 0.0372. The molecule has 2 aromatic rings. The number of hydrogen-bond acceptors (Lipinski definition) is 3. The van der Waals surface area contributed by atoms with E-state index in [2.05, 4.69) is 10.3 Å². The maximum Gasteiger partial charge on any atom is 0.252 e. The summed E-state index contributed by atoms with van der Waals surface area (Å²) in [7, 11) is 0. The lowest BCUT2D eigenvalue weighted by Gasteiger charge is -2.05. The van der Waals surface area contributed by atoms with Gasteiger partial charge in [-0.15, -0.1) is 0 Å². The number of nitrogens with one attached hydrogen (secondary N) is 1. The van der Waals surface area contributed by atoms with Crippen LogP contribution in [0.25, 0.3) is 10.9 Å². The van der Waals surface area contributed by atoms with Crippen molar-refractivity contribution >= 4 is 16.8 Å². The van der Waals surface area contributed by atoms with E-state index in [1.807, 2.05) is 0 Å². The molecule has 0 aliphatic heterocycles. The van der Waals surface area contributed by atoms with Crippen molar-refractivity contribution in [1.29, 1.82) is 0 Å². The lowest BCUT2D eigenvalue weighted by atomic mass is 10.1. The average molecular weight is 248 g/mol. The normalized spacial score (nSPS) is 10.6. The first kappa shape index (κ1) is 12.4. The summed E-state index contributed by atoms with van der Waals surface area (Å²) >= 11 is 0. The molecule has 1 heterocycles. The van der Waals surface area contributed by atoms with Gasteiger partial charge in [-0.3, -0.25) is 9.78 Å². The Bertz CT molecular complexity index is 572. The third-order valence-electron chi connectivity index (χ3n) is 2.53. The molecule has 0 atom stereocenters. The summed E-state index contributed by atoms with van der Waals surface area (Å²) in [5.74, 6) is -0.600. The molecule has 0 saturated carbocycles. The van der Waals surface area contributed by atoms with Gasteiger partial charge in [-0.05, 0) is 24.6 Å². The van der Waals surface area contributed by atoms with Crippen LogP contribution in [0.5, 0.6) is 0 Å². The number of carbonyl (C=O) groups is 1. The number of halogens is 1. The summed E-state index contributed by atoms with van der Waals surface area (Å²) in [6, 6.07) is 5.90. The maximum absolute atomic E-state index is 13.0. The summed E-state index contributed by atoms with van der Waals surface area (Å²) in [6.07, 6.45) is 1.92. The first-order valence-electron chi connectivity index (χ1n) is 5.65. The van der Waals surface area contributed by atoms with Gasteiger partial charge in [-0.25, -0.2) is 4.39 Å². The van der Waals surface area contributed by atoms with Crippen LogP contribution in [0, 0.1) is 5.82 Å². The van der Waals surface area contributed by atoms with Crippen molar-refractivity contribution in [2.75, 3.05) is 13.2 Å². The molecular formula is C13H13FN2O2. The van der Waals surface area contributed by atoms with E-state index >= 15 is 0 Å². The number of nitrogens with zero attached hydrogens (tertiary/aromatic N) is 1. The highest BCUT2D eigenvalue weighted by Crippen LogP contribution is 2.14. The standard InChI is InChI=1S/C13H13FN2O2/c14-11-3-2-9-6-10(8-16-12(9)7-11)13(18)15-4-1-5-17/h2-3,6-8,17H,1,4-5H2,(H,15,18). The van der Waals surface area contributed by atoms with Gasteiger partial charge in [0.1, 0.15) is 5.82 Å². The number of pyridine rings is 1. The number of benzene rings is 1. The monoisotopic (exact) mass is 248 g/mol. The molecule has 1 amide bonds. The van der Waals surface area contributed by atoms with Crippen LogP contribution in [0.2, 0.25) is 0 Å². The minimum Gasteiger partial charge on any atom is -0.396 e. The molecule has 94 valence electrons. The maximum atomic E-state index is 13.0. The number of aliphatic hydroxyl groups is 1. The van der Waals surface area contributed by atoms with Crippen molar-refractivity contribution in [3.8, 4) is 0 Å². The van der Waals surface area contributed by atoms with Gasteiger partial charge in [-0.1, -0.05) is 0 Å². The van der Waals surface area contributed by atoms with E-state index in [4.69, 9.17) is 5.11 Å². The Labute approximate surface area is 103 Å². The molecule has 0 saturated heterocycles. The van der Waals surface area contributed by atoms with Gasteiger partial charge in [0.25, 0.3) is 5.91 Å². The highest BCUT2D eigenvalue weighted by Gasteiger charge is 2.06.